The molecule has 4 aromatic rings. The first-order valence-corrected chi connectivity index (χ1v) is 11.5. The zero-order valence-electron chi connectivity index (χ0n) is 20.0. The maximum atomic E-state index is 15.5. The van der Waals surface area contributed by atoms with E-state index in [-0.39, 0.29) is 28.6 Å². The van der Waals surface area contributed by atoms with E-state index in [1.807, 2.05) is 0 Å². The number of aromatic nitrogens is 6. The van der Waals surface area contributed by atoms with Gasteiger partial charge in [0.05, 0.1) is 45.0 Å². The summed E-state index contributed by atoms with van der Waals surface area (Å²) < 4.78 is 63.0. The lowest BCUT2D eigenvalue weighted by molar-refractivity contribution is -0.132. The average molecular weight is 488 g/mol. The van der Waals surface area contributed by atoms with Crippen LogP contribution in [0.2, 0.25) is 0 Å². The van der Waals surface area contributed by atoms with Crippen LogP contribution in [0.4, 0.5) is 13.2 Å². The Morgan fingerprint density at radius 3 is 2.83 bits per heavy atom. The van der Waals surface area contributed by atoms with Crippen LogP contribution in [0.1, 0.15) is 27.1 Å². The summed E-state index contributed by atoms with van der Waals surface area (Å²) in [5, 5.41) is 10.6. The molecule has 4 heterocycles. The van der Waals surface area contributed by atoms with Gasteiger partial charge in [-0.25, -0.2) is 22.8 Å². The largest absolute Gasteiger partial charge is 0.479 e. The molecule has 0 atom stereocenters. The molecule has 1 spiro atoms. The Balaban J connectivity index is 1.43. The van der Waals surface area contributed by atoms with E-state index in [1.165, 1.54) is 17.7 Å². The molecule has 2 aliphatic rings. The maximum Gasteiger partial charge on any atom is 0.258 e. The Kier molecular flexibility index (Phi) is 5.00. The summed E-state index contributed by atoms with van der Waals surface area (Å²) in [5.74, 6) is -0.709. The first kappa shape index (κ1) is 20.9. The van der Waals surface area contributed by atoms with Crippen LogP contribution in [0.15, 0.2) is 29.4 Å². The standard InChI is InChI=1S/C23H24F3N7O2/c1-34-21-20-19(13-2-3-16-17(8-13)32(31-29-16)10-18(25)26)15(24)9-33(20)30-22(28-21)27-14-4-6-23(7-5-14)11-35-12-23/h2-3,8-9,14,18H,4-7,10-12H2,1H3,(H,27,30)/i9D. The summed E-state index contributed by atoms with van der Waals surface area (Å²) in [4.78, 5) is 9.19. The fraction of sp³-hybridized carbons (Fsp3) is 0.478. The number of alkyl halides is 2. The number of benzene rings is 1. The quantitative estimate of drug-likeness (QED) is 0.465. The van der Waals surface area contributed by atoms with Crippen LogP contribution >= 0.6 is 0 Å². The molecule has 184 valence electrons. The van der Waals surface area contributed by atoms with Crippen molar-refractivity contribution in [3.8, 4) is 17.0 Å². The lowest BCUT2D eigenvalue weighted by atomic mass is 9.71. The van der Waals surface area contributed by atoms with Crippen molar-refractivity contribution < 1.29 is 24.0 Å². The summed E-state index contributed by atoms with van der Waals surface area (Å²) in [5.41, 5.74) is 1.88. The second-order valence-electron chi connectivity index (χ2n) is 9.26. The number of nitrogens with zero attached hydrogens (tertiary/aromatic N) is 6. The van der Waals surface area contributed by atoms with Gasteiger partial charge in [0.2, 0.25) is 11.5 Å². The number of halogens is 3. The molecule has 6 rings (SSSR count). The monoisotopic (exact) mass is 488 g/mol. The van der Waals surface area contributed by atoms with Crippen molar-refractivity contribution in [3.63, 3.8) is 0 Å². The van der Waals surface area contributed by atoms with Crippen LogP contribution < -0.4 is 10.4 Å². The van der Waals surface area contributed by atoms with Crippen molar-refractivity contribution in [2.24, 2.45) is 10.4 Å². The molecule has 2 fully saturated rings. The maximum absolute atomic E-state index is 15.5. The minimum atomic E-state index is -2.62. The van der Waals surface area contributed by atoms with Crippen molar-refractivity contribution in [1.82, 2.24) is 29.6 Å². The summed E-state index contributed by atoms with van der Waals surface area (Å²) in [6.07, 6.45) is 0.823. The van der Waals surface area contributed by atoms with E-state index in [1.54, 1.807) is 12.1 Å². The predicted octanol–water partition coefficient (Wildman–Crippen LogP) is 3.35. The van der Waals surface area contributed by atoms with Gasteiger partial charge in [0.25, 0.3) is 6.43 Å². The summed E-state index contributed by atoms with van der Waals surface area (Å²) in [6.45, 7) is 0.978. The summed E-state index contributed by atoms with van der Waals surface area (Å²) in [7, 11) is 1.41. The number of ether oxygens (including phenoxy) is 2. The number of H-pyrrole nitrogens is 1. The van der Waals surface area contributed by atoms with E-state index in [4.69, 9.17) is 15.8 Å². The van der Waals surface area contributed by atoms with Crippen molar-refractivity contribution >= 4 is 16.6 Å². The van der Waals surface area contributed by atoms with Gasteiger partial charge in [-0.2, -0.15) is 4.98 Å². The number of fused-ring (bicyclic) bond motifs is 2. The van der Waals surface area contributed by atoms with Gasteiger partial charge in [-0.05, 0) is 43.4 Å². The van der Waals surface area contributed by atoms with E-state index < -0.39 is 25.0 Å². The van der Waals surface area contributed by atoms with Crippen LogP contribution in [0.5, 0.6) is 5.88 Å². The number of hydrogen-bond donors (Lipinski definition) is 1. The van der Waals surface area contributed by atoms with E-state index in [0.29, 0.717) is 22.0 Å². The van der Waals surface area contributed by atoms with Crippen molar-refractivity contribution in [1.29, 1.82) is 0 Å². The van der Waals surface area contributed by atoms with Gasteiger partial charge in [0.1, 0.15) is 17.6 Å². The topological polar surface area (TPSA) is 94.6 Å². The second-order valence-corrected chi connectivity index (χ2v) is 9.26. The van der Waals surface area contributed by atoms with Gasteiger partial charge in [-0.1, -0.05) is 11.3 Å². The highest BCUT2D eigenvalue weighted by Crippen LogP contribution is 2.42. The van der Waals surface area contributed by atoms with Gasteiger partial charge in [-0.3, -0.25) is 9.61 Å². The molecule has 1 aromatic carbocycles. The van der Waals surface area contributed by atoms with Gasteiger partial charge in [-0.15, -0.1) is 5.10 Å². The highest BCUT2D eigenvalue weighted by molar-refractivity contribution is 5.89. The van der Waals surface area contributed by atoms with Crippen LogP contribution in [0.3, 0.4) is 0 Å². The third-order valence-electron chi connectivity index (χ3n) is 6.96. The van der Waals surface area contributed by atoms with E-state index in [0.717, 1.165) is 43.6 Å². The number of hydrogen-bond acceptors (Lipinski definition) is 6. The average Bonchev–Trinajstić information content (AvgIpc) is 3.35. The molecule has 35 heavy (non-hydrogen) atoms. The molecule has 0 bridgehead atoms. The fourth-order valence-electron chi connectivity index (χ4n) is 5.03. The van der Waals surface area contributed by atoms with Gasteiger partial charge >= 0.3 is 0 Å². The minimum absolute atomic E-state index is 0.0567. The predicted molar refractivity (Wildman–Crippen MR) is 120 cm³/mol. The number of rotatable bonds is 5. The summed E-state index contributed by atoms with van der Waals surface area (Å²) in [6, 6.07) is 4.75. The van der Waals surface area contributed by atoms with Crippen molar-refractivity contribution in [2.75, 3.05) is 20.3 Å². The van der Waals surface area contributed by atoms with Gasteiger partial charge < -0.3 is 9.47 Å². The lowest BCUT2D eigenvalue weighted by Gasteiger charge is -2.45. The van der Waals surface area contributed by atoms with Gasteiger partial charge in [0.15, 0.2) is 5.82 Å². The van der Waals surface area contributed by atoms with Gasteiger partial charge in [0, 0.05) is 5.41 Å². The molecular weight excluding hydrogens is 463 g/mol. The fourth-order valence-corrected chi connectivity index (χ4v) is 5.03. The Morgan fingerprint density at radius 1 is 1.34 bits per heavy atom. The highest BCUT2D eigenvalue weighted by atomic mass is 19.3. The third-order valence-corrected chi connectivity index (χ3v) is 6.96. The molecule has 1 saturated carbocycles. The first-order valence-electron chi connectivity index (χ1n) is 12.0. The highest BCUT2D eigenvalue weighted by Gasteiger charge is 2.41. The Labute approximate surface area is 199 Å². The molecule has 0 radical (unpaired) electrons. The normalized spacial score (nSPS) is 19.1. The Hall–Kier alpha value is -3.41. The van der Waals surface area contributed by atoms with Crippen LogP contribution in [0, 0.1) is 11.2 Å². The molecule has 0 amide bonds. The Bertz CT molecular complexity index is 1520. The van der Waals surface area contributed by atoms with Crippen LogP contribution in [-0.4, -0.2) is 62.4 Å². The smallest absolute Gasteiger partial charge is 0.258 e. The lowest BCUT2D eigenvalue weighted by Crippen LogP contribution is -2.45. The molecule has 9 nitrogen and oxygen atoms in total. The molecule has 3 aromatic heterocycles. The Morgan fingerprint density at radius 2 is 2.14 bits per heavy atom. The van der Waals surface area contributed by atoms with Crippen LogP contribution in [-0.2, 0) is 11.3 Å². The van der Waals surface area contributed by atoms with E-state index in [2.05, 4.69) is 20.4 Å². The first-order chi connectivity index (χ1) is 17.4. The van der Waals surface area contributed by atoms with Crippen molar-refractivity contribution in [3.05, 3.63) is 35.8 Å². The van der Waals surface area contributed by atoms with E-state index >= 15 is 4.39 Å². The SMILES string of the molecule is [2H]c1c(F)c(-c2ccc3nnn(CC(F)F)c3c2)c2c(OC)nc(=NC3CCC4(CC3)COC4)[nH]n12. The zero-order chi connectivity index (χ0) is 25.0. The number of aromatic amines is 1. The third kappa shape index (κ3) is 3.85. The zero-order valence-corrected chi connectivity index (χ0v) is 19.0. The number of methoxy groups -OCH3 is 1. The summed E-state index contributed by atoms with van der Waals surface area (Å²) >= 11 is 0. The number of nitrogens with one attached hydrogen (secondary N) is 1. The molecular formula is C23H24F3N7O2. The van der Waals surface area contributed by atoms with Crippen molar-refractivity contribution in [2.45, 2.75) is 44.7 Å². The molecule has 12 heteroatoms. The minimum Gasteiger partial charge on any atom is -0.479 e. The van der Waals surface area contributed by atoms with Crippen LogP contribution in [0.25, 0.3) is 27.7 Å². The molecule has 1 aliphatic carbocycles. The molecule has 1 aliphatic heterocycles. The molecule has 1 saturated heterocycles. The molecule has 1 N–H and O–H groups in total. The van der Waals surface area contributed by atoms with E-state index in [9.17, 15) is 8.78 Å². The second kappa shape index (κ2) is 8.36. The molecule has 0 unspecified atom stereocenters.